The second-order valence-electron chi connectivity index (χ2n) is 3.04. The molecule has 1 aromatic rings. The van der Waals surface area contributed by atoms with E-state index in [2.05, 4.69) is 4.98 Å². The van der Waals surface area contributed by atoms with E-state index in [0.29, 0.717) is 18.2 Å². The molecule has 2 N–H and O–H groups in total. The number of anilines is 1. The number of nitrogens with two attached hydrogens (primary N) is 1. The number of aromatic nitrogens is 2. The summed E-state index contributed by atoms with van der Waals surface area (Å²) in [4.78, 5) is 22.4. The molecule has 1 amide bonds. The van der Waals surface area contributed by atoms with Crippen LogP contribution in [0, 0.1) is 0 Å². The van der Waals surface area contributed by atoms with Crippen molar-refractivity contribution in [3.8, 4) is 0 Å². The van der Waals surface area contributed by atoms with Gasteiger partial charge in [0, 0.05) is 7.05 Å². The quantitative estimate of drug-likeness (QED) is 0.445. The van der Waals surface area contributed by atoms with E-state index in [1.165, 1.54) is 18.2 Å². The van der Waals surface area contributed by atoms with Crippen molar-refractivity contribution in [1.29, 1.82) is 0 Å². The largest absolute Gasteiger partial charge is 0.415 e. The Bertz CT molecular complexity index is 374. The van der Waals surface area contributed by atoms with Crippen LogP contribution in [0.2, 0.25) is 0 Å². The van der Waals surface area contributed by atoms with Crippen LogP contribution in [0.3, 0.4) is 0 Å². The Hall–Kier alpha value is -1.76. The molecule has 0 unspecified atom stereocenters. The van der Waals surface area contributed by atoms with E-state index in [0.717, 1.165) is 5.01 Å². The molecule has 14 heavy (non-hydrogen) atoms. The molecule has 1 aromatic heterocycles. The lowest BCUT2D eigenvalue weighted by Crippen LogP contribution is -2.49. The minimum absolute atomic E-state index is 0.294. The molecule has 0 saturated carbocycles. The molecule has 0 fully saturated rings. The number of amides is 1. The first-order chi connectivity index (χ1) is 6.65. The highest BCUT2D eigenvalue weighted by molar-refractivity contribution is 5.98. The van der Waals surface area contributed by atoms with Crippen molar-refractivity contribution in [2.75, 3.05) is 25.7 Å². The smallest absolute Gasteiger partial charge is 0.293 e. The lowest BCUT2D eigenvalue weighted by molar-refractivity contribution is 0.0684. The first kappa shape index (κ1) is 8.82. The average molecular weight is 197 g/mol. The van der Waals surface area contributed by atoms with E-state index in [-0.39, 0.29) is 5.91 Å². The van der Waals surface area contributed by atoms with Crippen LogP contribution in [0.1, 0.15) is 10.5 Å². The number of carbonyl (C=O) groups is 1. The van der Waals surface area contributed by atoms with Gasteiger partial charge in [-0.15, -0.1) is 0 Å². The maximum Gasteiger partial charge on any atom is 0.293 e. The molecule has 1 aliphatic rings. The standard InChI is InChI=1S/C7H11N5O2/c1-10-4-11(8)7(13)5-6(10)9-3-12(5)14-2/h3H,4,8H2,1-2H3. The third-order valence-electron chi connectivity index (χ3n) is 2.10. The predicted octanol–water partition coefficient (Wildman–Crippen LogP) is -1.34. The van der Waals surface area contributed by atoms with Gasteiger partial charge in [0.15, 0.2) is 11.5 Å². The molecule has 0 aromatic carbocycles. The SMILES string of the molecule is COn1cnc2c1C(=O)N(N)CN2C. The molecule has 0 saturated heterocycles. The van der Waals surface area contributed by atoms with Crippen molar-refractivity contribution in [3.63, 3.8) is 0 Å². The maximum atomic E-state index is 11.6. The van der Waals surface area contributed by atoms with Crippen molar-refractivity contribution in [1.82, 2.24) is 14.7 Å². The number of rotatable bonds is 1. The van der Waals surface area contributed by atoms with E-state index in [9.17, 15) is 4.79 Å². The van der Waals surface area contributed by atoms with Gasteiger partial charge in [0.2, 0.25) is 0 Å². The van der Waals surface area contributed by atoms with Gasteiger partial charge in [-0.05, 0) is 0 Å². The van der Waals surface area contributed by atoms with Crippen LogP contribution in [0.15, 0.2) is 6.33 Å². The van der Waals surface area contributed by atoms with Gasteiger partial charge in [0.05, 0.1) is 0 Å². The molecule has 2 heterocycles. The number of carbonyl (C=O) groups excluding carboxylic acids is 1. The second kappa shape index (κ2) is 2.88. The molecule has 2 rings (SSSR count). The Morgan fingerprint density at radius 3 is 3.00 bits per heavy atom. The minimum atomic E-state index is -0.294. The summed E-state index contributed by atoms with van der Waals surface area (Å²) >= 11 is 0. The lowest BCUT2D eigenvalue weighted by atomic mass is 10.3. The topological polar surface area (TPSA) is 76.6 Å². The predicted molar refractivity (Wildman–Crippen MR) is 48.4 cm³/mol. The molecule has 7 heteroatoms. The maximum absolute atomic E-state index is 11.6. The Labute approximate surface area is 80.6 Å². The summed E-state index contributed by atoms with van der Waals surface area (Å²) in [5, 5.41) is 1.11. The average Bonchev–Trinajstić information content (AvgIpc) is 2.58. The monoisotopic (exact) mass is 197 g/mol. The highest BCUT2D eigenvalue weighted by Gasteiger charge is 2.31. The van der Waals surface area contributed by atoms with Gasteiger partial charge in [-0.1, -0.05) is 0 Å². The van der Waals surface area contributed by atoms with Crippen LogP contribution in [0.25, 0.3) is 0 Å². The Kier molecular flexibility index (Phi) is 1.81. The number of fused-ring (bicyclic) bond motifs is 1. The molecule has 7 nitrogen and oxygen atoms in total. The summed E-state index contributed by atoms with van der Waals surface area (Å²) in [7, 11) is 3.27. The van der Waals surface area contributed by atoms with Crippen LogP contribution in [0.4, 0.5) is 5.82 Å². The summed E-state index contributed by atoms with van der Waals surface area (Å²) < 4.78 is 1.30. The van der Waals surface area contributed by atoms with Gasteiger partial charge in [-0.3, -0.25) is 9.80 Å². The van der Waals surface area contributed by atoms with Gasteiger partial charge in [-0.25, -0.2) is 10.8 Å². The van der Waals surface area contributed by atoms with E-state index in [4.69, 9.17) is 10.7 Å². The highest BCUT2D eigenvalue weighted by Crippen LogP contribution is 2.21. The van der Waals surface area contributed by atoms with Gasteiger partial charge >= 0.3 is 0 Å². The molecular weight excluding hydrogens is 186 g/mol. The van der Waals surface area contributed by atoms with E-state index < -0.39 is 0 Å². The summed E-state index contributed by atoms with van der Waals surface area (Å²) in [6.45, 7) is 0.326. The van der Waals surface area contributed by atoms with E-state index in [1.807, 2.05) is 0 Å². The fourth-order valence-corrected chi connectivity index (χ4v) is 1.43. The second-order valence-corrected chi connectivity index (χ2v) is 3.04. The summed E-state index contributed by atoms with van der Waals surface area (Å²) in [5.41, 5.74) is 0.351. The van der Waals surface area contributed by atoms with E-state index in [1.54, 1.807) is 11.9 Å². The van der Waals surface area contributed by atoms with Gasteiger partial charge < -0.3 is 9.74 Å². The van der Waals surface area contributed by atoms with Crippen molar-refractivity contribution in [3.05, 3.63) is 12.0 Å². The van der Waals surface area contributed by atoms with Crippen LogP contribution < -0.4 is 15.6 Å². The minimum Gasteiger partial charge on any atom is -0.415 e. The fourth-order valence-electron chi connectivity index (χ4n) is 1.43. The van der Waals surface area contributed by atoms with Crippen LogP contribution >= 0.6 is 0 Å². The Balaban J connectivity index is 2.54. The summed E-state index contributed by atoms with van der Waals surface area (Å²) in [5.74, 6) is 5.80. The molecule has 0 spiro atoms. The first-order valence-electron chi connectivity index (χ1n) is 4.04. The summed E-state index contributed by atoms with van der Waals surface area (Å²) in [6, 6.07) is 0. The van der Waals surface area contributed by atoms with Gasteiger partial charge in [0.1, 0.15) is 20.1 Å². The zero-order valence-electron chi connectivity index (χ0n) is 7.97. The van der Waals surface area contributed by atoms with Crippen molar-refractivity contribution in [2.45, 2.75) is 0 Å². The zero-order chi connectivity index (χ0) is 10.3. The number of hydrazine groups is 1. The van der Waals surface area contributed by atoms with Crippen LogP contribution in [0.5, 0.6) is 0 Å². The molecular formula is C7H11N5O2. The Morgan fingerprint density at radius 2 is 2.36 bits per heavy atom. The Morgan fingerprint density at radius 1 is 1.64 bits per heavy atom. The summed E-state index contributed by atoms with van der Waals surface area (Å²) in [6.07, 6.45) is 1.44. The van der Waals surface area contributed by atoms with Gasteiger partial charge in [-0.2, -0.15) is 4.73 Å². The van der Waals surface area contributed by atoms with E-state index >= 15 is 0 Å². The fraction of sp³-hybridized carbons (Fsp3) is 0.429. The zero-order valence-corrected chi connectivity index (χ0v) is 7.97. The van der Waals surface area contributed by atoms with Crippen LogP contribution in [-0.4, -0.2) is 41.5 Å². The first-order valence-corrected chi connectivity index (χ1v) is 4.04. The number of hydrogen-bond donors (Lipinski definition) is 1. The molecule has 0 atom stereocenters. The van der Waals surface area contributed by atoms with Crippen molar-refractivity contribution in [2.24, 2.45) is 5.84 Å². The lowest BCUT2D eigenvalue weighted by Gasteiger charge is -2.29. The molecule has 76 valence electrons. The molecule has 0 bridgehead atoms. The highest BCUT2D eigenvalue weighted by atomic mass is 16.6. The van der Waals surface area contributed by atoms with Crippen molar-refractivity contribution < 1.29 is 9.63 Å². The number of nitrogens with zero attached hydrogens (tertiary/aromatic N) is 4. The number of imidazole rings is 1. The third-order valence-corrected chi connectivity index (χ3v) is 2.10. The normalized spacial score (nSPS) is 15.8. The van der Waals surface area contributed by atoms with Crippen LogP contribution in [-0.2, 0) is 0 Å². The molecule has 1 aliphatic heterocycles. The third kappa shape index (κ3) is 1.02. The number of hydrogen-bond acceptors (Lipinski definition) is 5. The molecule has 0 aliphatic carbocycles. The van der Waals surface area contributed by atoms with Crippen molar-refractivity contribution >= 4 is 11.7 Å². The molecule has 0 radical (unpaired) electrons. The van der Waals surface area contributed by atoms with Gasteiger partial charge in [0.25, 0.3) is 5.91 Å².